The van der Waals surface area contributed by atoms with Crippen LogP contribution >= 0.6 is 0 Å². The van der Waals surface area contributed by atoms with Gasteiger partial charge in [-0.2, -0.15) is 0 Å². The number of fused-ring (bicyclic) bond motifs is 7. The van der Waals surface area contributed by atoms with Crippen LogP contribution in [0.4, 0.5) is 0 Å². The zero-order valence-electron chi connectivity index (χ0n) is 22.4. The highest BCUT2D eigenvalue weighted by Gasteiger charge is 2.38. The molecule has 0 saturated heterocycles. The standard InChI is InChI=1S/C38H30/c1-37(2)29-19-9-7-15-25(29)34-27(17-11-21-31(34)37)33-23-13-5-6-14-24(23)35-26-16-8-10-20-30(26)38(3,4)32-22-12-18-28(33)36(32)35/h5-22H,1-4H3. The van der Waals surface area contributed by atoms with Crippen molar-refractivity contribution in [3.63, 3.8) is 0 Å². The summed E-state index contributed by atoms with van der Waals surface area (Å²) in [5.41, 5.74) is 13.8. The molecule has 182 valence electrons. The van der Waals surface area contributed by atoms with Gasteiger partial charge in [0, 0.05) is 10.8 Å². The van der Waals surface area contributed by atoms with Gasteiger partial charge in [0.1, 0.15) is 0 Å². The SMILES string of the molecule is CC1(C)c2ccccc2-c2c(-c3c4ccccc4c4c5c(cccc35)C(C)(C)c3ccccc3-4)cccc21. The molecule has 0 bridgehead atoms. The molecule has 0 aromatic heterocycles. The van der Waals surface area contributed by atoms with Crippen LogP contribution in [0.2, 0.25) is 0 Å². The second kappa shape index (κ2) is 7.23. The number of hydrogen-bond donors (Lipinski definition) is 0. The molecular weight excluding hydrogens is 456 g/mol. The van der Waals surface area contributed by atoms with Gasteiger partial charge in [0.25, 0.3) is 0 Å². The van der Waals surface area contributed by atoms with Crippen molar-refractivity contribution < 1.29 is 0 Å². The normalized spacial score (nSPS) is 15.8. The second-order valence-electron chi connectivity index (χ2n) is 12.1. The topological polar surface area (TPSA) is 0 Å². The van der Waals surface area contributed by atoms with Crippen molar-refractivity contribution in [2.24, 2.45) is 0 Å². The van der Waals surface area contributed by atoms with Crippen LogP contribution in [0.15, 0.2) is 109 Å². The minimum Gasteiger partial charge on any atom is -0.0619 e. The number of hydrogen-bond acceptors (Lipinski definition) is 0. The summed E-state index contributed by atoms with van der Waals surface area (Å²) in [5.74, 6) is 0. The Morgan fingerprint density at radius 3 is 1.50 bits per heavy atom. The van der Waals surface area contributed by atoms with Crippen LogP contribution in [0.1, 0.15) is 49.9 Å². The summed E-state index contributed by atoms with van der Waals surface area (Å²) < 4.78 is 0. The van der Waals surface area contributed by atoms with Gasteiger partial charge in [-0.15, -0.1) is 0 Å². The van der Waals surface area contributed by atoms with E-state index in [4.69, 9.17) is 0 Å². The zero-order valence-corrected chi connectivity index (χ0v) is 22.4. The molecule has 0 fully saturated rings. The Hall–Kier alpha value is -4.16. The van der Waals surface area contributed by atoms with Crippen molar-refractivity contribution in [2.45, 2.75) is 38.5 Å². The van der Waals surface area contributed by atoms with Gasteiger partial charge in [0.2, 0.25) is 0 Å². The lowest BCUT2D eigenvalue weighted by Crippen LogP contribution is -2.23. The molecule has 0 atom stereocenters. The van der Waals surface area contributed by atoms with Gasteiger partial charge in [0.05, 0.1) is 0 Å². The highest BCUT2D eigenvalue weighted by molar-refractivity contribution is 6.24. The van der Waals surface area contributed by atoms with Gasteiger partial charge >= 0.3 is 0 Å². The van der Waals surface area contributed by atoms with E-state index in [-0.39, 0.29) is 10.8 Å². The van der Waals surface area contributed by atoms with Crippen molar-refractivity contribution >= 4 is 21.5 Å². The fourth-order valence-corrected chi connectivity index (χ4v) is 7.67. The van der Waals surface area contributed by atoms with Crippen molar-refractivity contribution in [2.75, 3.05) is 0 Å². The first kappa shape index (κ1) is 21.9. The highest BCUT2D eigenvalue weighted by Crippen LogP contribution is 2.57. The maximum atomic E-state index is 2.39. The molecule has 6 aromatic rings. The van der Waals surface area contributed by atoms with Crippen LogP contribution in [-0.2, 0) is 10.8 Å². The maximum absolute atomic E-state index is 2.39. The molecule has 2 aliphatic rings. The third-order valence-corrected chi connectivity index (χ3v) is 9.47. The maximum Gasteiger partial charge on any atom is 0.0159 e. The van der Waals surface area contributed by atoms with E-state index in [2.05, 4.69) is 137 Å². The largest absolute Gasteiger partial charge is 0.0619 e. The highest BCUT2D eigenvalue weighted by atomic mass is 14.4. The zero-order chi connectivity index (χ0) is 25.8. The molecule has 0 unspecified atom stereocenters. The molecule has 0 radical (unpaired) electrons. The van der Waals surface area contributed by atoms with E-state index >= 15 is 0 Å². The number of benzene rings is 6. The third kappa shape index (κ3) is 2.56. The molecule has 0 heteroatoms. The first-order valence-electron chi connectivity index (χ1n) is 13.7. The van der Waals surface area contributed by atoms with Crippen LogP contribution in [0.3, 0.4) is 0 Å². The van der Waals surface area contributed by atoms with E-state index in [1.165, 1.54) is 77.2 Å². The summed E-state index contributed by atoms with van der Waals surface area (Å²) in [6.45, 7) is 9.52. The van der Waals surface area contributed by atoms with Gasteiger partial charge in [-0.25, -0.2) is 0 Å². The summed E-state index contributed by atoms with van der Waals surface area (Å²) in [5, 5.41) is 5.44. The predicted octanol–water partition coefficient (Wildman–Crippen LogP) is 10.3. The van der Waals surface area contributed by atoms with Gasteiger partial charge in [-0.1, -0.05) is 137 Å². The van der Waals surface area contributed by atoms with Crippen molar-refractivity contribution in [3.8, 4) is 33.4 Å². The van der Waals surface area contributed by atoms with E-state index in [0.29, 0.717) is 0 Å². The van der Waals surface area contributed by atoms with E-state index in [9.17, 15) is 0 Å². The van der Waals surface area contributed by atoms with Crippen molar-refractivity contribution in [3.05, 3.63) is 131 Å². The Kier molecular flexibility index (Phi) is 4.17. The molecule has 0 nitrogen and oxygen atoms in total. The first-order chi connectivity index (χ1) is 18.4. The minimum absolute atomic E-state index is 0.0228. The van der Waals surface area contributed by atoms with Gasteiger partial charge < -0.3 is 0 Å². The molecular formula is C38H30. The van der Waals surface area contributed by atoms with E-state index in [1.807, 2.05) is 0 Å². The van der Waals surface area contributed by atoms with Crippen LogP contribution in [-0.4, -0.2) is 0 Å². The van der Waals surface area contributed by atoms with Crippen LogP contribution in [0, 0.1) is 0 Å². The summed E-state index contributed by atoms with van der Waals surface area (Å²) in [4.78, 5) is 0. The quantitative estimate of drug-likeness (QED) is 0.203. The van der Waals surface area contributed by atoms with Gasteiger partial charge in [-0.3, -0.25) is 0 Å². The Morgan fingerprint density at radius 1 is 0.342 bits per heavy atom. The molecule has 0 saturated carbocycles. The molecule has 38 heavy (non-hydrogen) atoms. The Balaban J connectivity index is 1.60. The smallest absolute Gasteiger partial charge is 0.0159 e. The van der Waals surface area contributed by atoms with Crippen LogP contribution in [0.25, 0.3) is 54.9 Å². The summed E-state index contributed by atoms with van der Waals surface area (Å²) in [6.07, 6.45) is 0. The third-order valence-electron chi connectivity index (χ3n) is 9.47. The molecule has 0 heterocycles. The van der Waals surface area contributed by atoms with E-state index in [0.717, 1.165) is 0 Å². The van der Waals surface area contributed by atoms with E-state index in [1.54, 1.807) is 0 Å². The number of rotatable bonds is 1. The first-order valence-corrected chi connectivity index (χ1v) is 13.7. The predicted molar refractivity (Wildman–Crippen MR) is 162 cm³/mol. The Labute approximate surface area is 224 Å². The summed E-state index contributed by atoms with van der Waals surface area (Å²) >= 11 is 0. The molecule has 0 spiro atoms. The average Bonchev–Trinajstić information content (AvgIpc) is 3.18. The average molecular weight is 487 g/mol. The lowest BCUT2D eigenvalue weighted by Gasteiger charge is -2.36. The van der Waals surface area contributed by atoms with Gasteiger partial charge in [0.15, 0.2) is 0 Å². The fourth-order valence-electron chi connectivity index (χ4n) is 7.67. The molecule has 0 aliphatic heterocycles. The summed E-state index contributed by atoms with van der Waals surface area (Å²) in [6, 6.07) is 41.1. The molecule has 2 aliphatic carbocycles. The Morgan fingerprint density at radius 2 is 0.789 bits per heavy atom. The molecule has 8 rings (SSSR count). The van der Waals surface area contributed by atoms with Crippen molar-refractivity contribution in [1.82, 2.24) is 0 Å². The van der Waals surface area contributed by atoms with Crippen LogP contribution in [0.5, 0.6) is 0 Å². The Bertz CT molecular complexity index is 1970. The second-order valence-corrected chi connectivity index (χ2v) is 12.1. The lowest BCUT2D eigenvalue weighted by molar-refractivity contribution is 0.645. The lowest BCUT2D eigenvalue weighted by atomic mass is 9.67. The van der Waals surface area contributed by atoms with Crippen molar-refractivity contribution in [1.29, 1.82) is 0 Å². The minimum atomic E-state index is -0.0734. The fraction of sp³-hybridized carbons (Fsp3) is 0.158. The molecule has 6 aromatic carbocycles. The monoisotopic (exact) mass is 486 g/mol. The van der Waals surface area contributed by atoms with Gasteiger partial charge in [-0.05, 0) is 77.2 Å². The summed E-state index contributed by atoms with van der Waals surface area (Å²) in [7, 11) is 0. The van der Waals surface area contributed by atoms with Crippen LogP contribution < -0.4 is 0 Å². The molecule has 0 amide bonds. The van der Waals surface area contributed by atoms with E-state index < -0.39 is 0 Å². The molecule has 0 N–H and O–H groups in total.